The topological polar surface area (TPSA) is 40.6 Å². The van der Waals surface area contributed by atoms with Crippen LogP contribution in [0.3, 0.4) is 0 Å². The molecule has 2 aromatic carbocycles. The average Bonchev–Trinajstić information content (AvgIpc) is 2.67. The van der Waals surface area contributed by atoms with Gasteiger partial charge in [-0.2, -0.15) is 4.31 Å². The van der Waals surface area contributed by atoms with Gasteiger partial charge in [0, 0.05) is 36.3 Å². The van der Waals surface area contributed by atoms with Crippen LogP contribution in [0.25, 0.3) is 6.08 Å². The third-order valence-corrected chi connectivity index (χ3v) is 7.14. The zero-order valence-corrected chi connectivity index (χ0v) is 17.6. The third-order valence-electron chi connectivity index (χ3n) is 4.50. The molecule has 1 aliphatic rings. The number of piperazine rings is 1. The molecule has 0 atom stereocenters. The van der Waals surface area contributed by atoms with Crippen LogP contribution in [0, 0.1) is 3.57 Å². The summed E-state index contributed by atoms with van der Waals surface area (Å²) in [5, 5.41) is 0. The van der Waals surface area contributed by atoms with E-state index in [4.69, 9.17) is 0 Å². The summed E-state index contributed by atoms with van der Waals surface area (Å²) < 4.78 is 28.1. The largest absolute Gasteiger partial charge is 0.300 e. The molecule has 1 heterocycles. The Morgan fingerprint density at radius 2 is 1.58 bits per heavy atom. The predicted molar refractivity (Wildman–Crippen MR) is 114 cm³/mol. The van der Waals surface area contributed by atoms with Crippen molar-refractivity contribution in [3.8, 4) is 0 Å². The number of sulfonamides is 1. The van der Waals surface area contributed by atoms with Crippen molar-refractivity contribution in [3.05, 3.63) is 69.8 Å². The van der Waals surface area contributed by atoms with Gasteiger partial charge in [-0.3, -0.25) is 0 Å². The first-order valence-corrected chi connectivity index (χ1v) is 11.3. The van der Waals surface area contributed by atoms with Crippen molar-refractivity contribution < 1.29 is 8.42 Å². The fourth-order valence-electron chi connectivity index (χ4n) is 2.99. The van der Waals surface area contributed by atoms with Gasteiger partial charge in [-0.05, 0) is 58.8 Å². The molecule has 2 aromatic rings. The van der Waals surface area contributed by atoms with Gasteiger partial charge in [0.2, 0.25) is 10.0 Å². The molecule has 26 heavy (non-hydrogen) atoms. The lowest BCUT2D eigenvalue weighted by atomic mass is 10.2. The summed E-state index contributed by atoms with van der Waals surface area (Å²) >= 11 is 2.18. The van der Waals surface area contributed by atoms with Gasteiger partial charge in [0.25, 0.3) is 0 Å². The first kappa shape index (κ1) is 19.5. The van der Waals surface area contributed by atoms with Gasteiger partial charge in [0.05, 0.1) is 4.90 Å². The van der Waals surface area contributed by atoms with Crippen molar-refractivity contribution in [1.82, 2.24) is 9.21 Å². The number of hydrogen-bond donors (Lipinski definition) is 0. The molecule has 0 bridgehead atoms. The molecule has 0 unspecified atom stereocenters. The fraction of sp³-hybridized carbons (Fsp3) is 0.300. The van der Waals surface area contributed by atoms with E-state index in [0.29, 0.717) is 18.0 Å². The Morgan fingerprint density at radius 3 is 2.23 bits per heavy atom. The SMILES string of the molecule is O=S(=O)(c1ccc(I)cc1)N1CCN(CC/C=C/c2ccccc2)CC1. The Bertz CT molecular complexity index is 828. The van der Waals surface area contributed by atoms with Crippen molar-refractivity contribution in [3.63, 3.8) is 0 Å². The molecular formula is C20H23IN2O2S. The molecule has 0 N–H and O–H groups in total. The summed E-state index contributed by atoms with van der Waals surface area (Å²) in [7, 11) is -3.37. The van der Waals surface area contributed by atoms with Crippen LogP contribution in [-0.2, 0) is 10.0 Å². The summed E-state index contributed by atoms with van der Waals surface area (Å²) in [4.78, 5) is 2.71. The molecule has 4 nitrogen and oxygen atoms in total. The van der Waals surface area contributed by atoms with Crippen LogP contribution in [0.4, 0.5) is 0 Å². The summed E-state index contributed by atoms with van der Waals surface area (Å²) in [6, 6.07) is 17.3. The Kier molecular flexibility index (Phi) is 6.86. The highest BCUT2D eigenvalue weighted by Crippen LogP contribution is 2.19. The number of halogens is 1. The highest BCUT2D eigenvalue weighted by molar-refractivity contribution is 14.1. The monoisotopic (exact) mass is 482 g/mol. The fourth-order valence-corrected chi connectivity index (χ4v) is 4.77. The molecule has 1 saturated heterocycles. The molecule has 0 radical (unpaired) electrons. The molecule has 1 fully saturated rings. The van der Waals surface area contributed by atoms with Crippen LogP contribution >= 0.6 is 22.6 Å². The van der Waals surface area contributed by atoms with Gasteiger partial charge in [0.1, 0.15) is 0 Å². The predicted octanol–water partition coefficient (Wildman–Crippen LogP) is 3.70. The second-order valence-corrected chi connectivity index (χ2v) is 9.48. The zero-order chi connectivity index (χ0) is 18.4. The Morgan fingerprint density at radius 1 is 0.923 bits per heavy atom. The maximum absolute atomic E-state index is 12.7. The maximum atomic E-state index is 12.7. The number of benzene rings is 2. The summed E-state index contributed by atoms with van der Waals surface area (Å²) in [6.07, 6.45) is 5.29. The van der Waals surface area contributed by atoms with E-state index in [1.807, 2.05) is 30.3 Å². The van der Waals surface area contributed by atoms with Crippen LogP contribution in [0.1, 0.15) is 12.0 Å². The van der Waals surface area contributed by atoms with E-state index in [2.05, 4.69) is 51.8 Å². The average molecular weight is 482 g/mol. The molecular weight excluding hydrogens is 459 g/mol. The van der Waals surface area contributed by atoms with Gasteiger partial charge >= 0.3 is 0 Å². The number of nitrogens with zero attached hydrogens (tertiary/aromatic N) is 2. The third kappa shape index (κ3) is 5.16. The van der Waals surface area contributed by atoms with E-state index < -0.39 is 10.0 Å². The highest BCUT2D eigenvalue weighted by atomic mass is 127. The lowest BCUT2D eigenvalue weighted by Crippen LogP contribution is -2.48. The normalized spacial score (nSPS) is 17.0. The summed E-state index contributed by atoms with van der Waals surface area (Å²) in [6.45, 7) is 3.62. The molecule has 138 valence electrons. The van der Waals surface area contributed by atoms with Crippen molar-refractivity contribution in [2.24, 2.45) is 0 Å². The van der Waals surface area contributed by atoms with Crippen LogP contribution < -0.4 is 0 Å². The number of hydrogen-bond acceptors (Lipinski definition) is 3. The molecule has 0 spiro atoms. The van der Waals surface area contributed by atoms with E-state index >= 15 is 0 Å². The molecule has 0 aromatic heterocycles. The van der Waals surface area contributed by atoms with E-state index in [1.54, 1.807) is 16.4 Å². The Balaban J connectivity index is 1.48. The minimum absolute atomic E-state index is 0.386. The van der Waals surface area contributed by atoms with Gasteiger partial charge < -0.3 is 4.90 Å². The van der Waals surface area contributed by atoms with Crippen molar-refractivity contribution in [2.75, 3.05) is 32.7 Å². The molecule has 1 aliphatic heterocycles. The van der Waals surface area contributed by atoms with Gasteiger partial charge in [0.15, 0.2) is 0 Å². The number of rotatable bonds is 6. The van der Waals surface area contributed by atoms with Crippen molar-refractivity contribution in [2.45, 2.75) is 11.3 Å². The summed E-state index contributed by atoms with van der Waals surface area (Å²) in [5.74, 6) is 0. The van der Waals surface area contributed by atoms with Gasteiger partial charge in [-0.15, -0.1) is 0 Å². The highest BCUT2D eigenvalue weighted by Gasteiger charge is 2.28. The van der Waals surface area contributed by atoms with Crippen molar-refractivity contribution in [1.29, 1.82) is 0 Å². The quantitative estimate of drug-likeness (QED) is 0.590. The van der Waals surface area contributed by atoms with Crippen LogP contribution in [0.15, 0.2) is 65.6 Å². The summed E-state index contributed by atoms with van der Waals surface area (Å²) in [5.41, 5.74) is 1.21. The van der Waals surface area contributed by atoms with Crippen molar-refractivity contribution >= 4 is 38.7 Å². The van der Waals surface area contributed by atoms with E-state index in [0.717, 1.165) is 29.6 Å². The Hall–Kier alpha value is -1.22. The minimum Gasteiger partial charge on any atom is -0.300 e. The van der Waals surface area contributed by atoms with Crippen LogP contribution in [0.5, 0.6) is 0 Å². The van der Waals surface area contributed by atoms with Crippen LogP contribution in [0.2, 0.25) is 0 Å². The maximum Gasteiger partial charge on any atom is 0.243 e. The molecule has 3 rings (SSSR count). The molecule has 0 aliphatic carbocycles. The molecule has 0 saturated carbocycles. The standard InChI is InChI=1S/C20H23IN2O2S/c21-19-9-11-20(12-10-19)26(24,25)23-16-14-22(15-17-23)13-5-4-8-18-6-2-1-3-7-18/h1-4,6-12H,5,13-17H2/b8-4+. The first-order valence-electron chi connectivity index (χ1n) is 8.75. The lowest BCUT2D eigenvalue weighted by Gasteiger charge is -2.33. The lowest BCUT2D eigenvalue weighted by molar-refractivity contribution is 0.191. The Labute approximate surface area is 169 Å². The molecule has 6 heteroatoms. The zero-order valence-electron chi connectivity index (χ0n) is 14.6. The van der Waals surface area contributed by atoms with E-state index in [1.165, 1.54) is 5.56 Å². The smallest absolute Gasteiger partial charge is 0.243 e. The first-order chi connectivity index (χ1) is 12.6. The van der Waals surface area contributed by atoms with Gasteiger partial charge in [-0.25, -0.2) is 8.42 Å². The molecule has 0 amide bonds. The van der Waals surface area contributed by atoms with Crippen LogP contribution in [-0.4, -0.2) is 50.3 Å². The second-order valence-electron chi connectivity index (χ2n) is 6.30. The minimum atomic E-state index is -3.37. The van der Waals surface area contributed by atoms with Gasteiger partial charge in [-0.1, -0.05) is 42.5 Å². The second kappa shape index (κ2) is 9.12. The van der Waals surface area contributed by atoms with E-state index in [9.17, 15) is 8.42 Å². The van der Waals surface area contributed by atoms with E-state index in [-0.39, 0.29) is 0 Å².